The molecular formula is C14H24N4O2. The summed E-state index contributed by atoms with van der Waals surface area (Å²) in [6.45, 7) is 7.00. The van der Waals surface area contributed by atoms with Gasteiger partial charge in [-0.05, 0) is 25.8 Å². The molecule has 0 saturated carbocycles. The number of aryl methyl sites for hydroxylation is 1. The van der Waals surface area contributed by atoms with Gasteiger partial charge in [0, 0.05) is 19.3 Å². The third-order valence-electron chi connectivity index (χ3n) is 2.90. The number of nitrogens with zero attached hydrogens (tertiary/aromatic N) is 1. The highest BCUT2D eigenvalue weighted by Crippen LogP contribution is 2.11. The van der Waals surface area contributed by atoms with Gasteiger partial charge >= 0.3 is 0 Å². The van der Waals surface area contributed by atoms with E-state index in [0.29, 0.717) is 17.9 Å². The molecule has 0 bridgehead atoms. The summed E-state index contributed by atoms with van der Waals surface area (Å²) in [4.78, 5) is 23.9. The Hall–Kier alpha value is -1.98. The predicted octanol–water partition coefficient (Wildman–Crippen LogP) is 1.12. The lowest BCUT2D eigenvalue weighted by molar-refractivity contribution is -0.122. The van der Waals surface area contributed by atoms with Crippen LogP contribution in [-0.2, 0) is 11.3 Å². The molecule has 20 heavy (non-hydrogen) atoms. The normalized spacial score (nSPS) is 11.9. The van der Waals surface area contributed by atoms with Crippen molar-refractivity contribution in [3.63, 3.8) is 0 Å². The zero-order chi connectivity index (χ0) is 15.1. The van der Waals surface area contributed by atoms with Crippen molar-refractivity contribution in [1.29, 1.82) is 0 Å². The Morgan fingerprint density at radius 1 is 1.35 bits per heavy atom. The lowest BCUT2D eigenvalue weighted by Crippen LogP contribution is -2.45. The molecule has 0 radical (unpaired) electrons. The summed E-state index contributed by atoms with van der Waals surface area (Å²) in [5.41, 5.74) is 6.76. The number of anilines is 1. The Morgan fingerprint density at radius 3 is 2.65 bits per heavy atom. The highest BCUT2D eigenvalue weighted by molar-refractivity contribution is 5.97. The molecule has 0 aliphatic carbocycles. The lowest BCUT2D eigenvalue weighted by atomic mass is 10.2. The van der Waals surface area contributed by atoms with Crippen LogP contribution >= 0.6 is 0 Å². The van der Waals surface area contributed by atoms with E-state index >= 15 is 0 Å². The number of hydrogen-bond acceptors (Lipinski definition) is 3. The Kier molecular flexibility index (Phi) is 6.09. The quantitative estimate of drug-likeness (QED) is 0.699. The average molecular weight is 280 g/mol. The van der Waals surface area contributed by atoms with Gasteiger partial charge in [0.25, 0.3) is 5.91 Å². The molecule has 6 nitrogen and oxygen atoms in total. The molecule has 0 saturated heterocycles. The molecule has 1 aromatic rings. The first-order valence-electron chi connectivity index (χ1n) is 7.03. The average Bonchev–Trinajstić information content (AvgIpc) is 2.77. The number of amides is 2. The molecule has 112 valence electrons. The summed E-state index contributed by atoms with van der Waals surface area (Å²) in [5.74, 6) is -0.462. The molecule has 1 heterocycles. The van der Waals surface area contributed by atoms with Gasteiger partial charge in [-0.15, -0.1) is 0 Å². The molecule has 1 rings (SSSR count). The Bertz CT molecular complexity index is 468. The summed E-state index contributed by atoms with van der Waals surface area (Å²) in [6, 6.07) is 1.06. The highest BCUT2D eigenvalue weighted by Gasteiger charge is 2.18. The molecule has 1 aromatic heterocycles. The first-order chi connectivity index (χ1) is 9.49. The minimum atomic E-state index is -0.569. The Morgan fingerprint density at radius 2 is 2.05 bits per heavy atom. The van der Waals surface area contributed by atoms with Crippen molar-refractivity contribution in [2.24, 2.45) is 0 Å². The van der Waals surface area contributed by atoms with Crippen molar-refractivity contribution in [2.45, 2.75) is 46.2 Å². The molecule has 0 aromatic carbocycles. The van der Waals surface area contributed by atoms with Crippen molar-refractivity contribution in [3.05, 3.63) is 18.0 Å². The van der Waals surface area contributed by atoms with Crippen LogP contribution in [0.3, 0.4) is 0 Å². The first-order valence-corrected chi connectivity index (χ1v) is 7.03. The van der Waals surface area contributed by atoms with E-state index in [9.17, 15) is 9.59 Å². The fourth-order valence-corrected chi connectivity index (χ4v) is 1.89. The van der Waals surface area contributed by atoms with Gasteiger partial charge in [-0.2, -0.15) is 0 Å². The van der Waals surface area contributed by atoms with Crippen molar-refractivity contribution >= 4 is 17.5 Å². The highest BCUT2D eigenvalue weighted by atomic mass is 16.2. The van der Waals surface area contributed by atoms with Crippen molar-refractivity contribution in [1.82, 2.24) is 15.2 Å². The van der Waals surface area contributed by atoms with E-state index in [1.807, 2.05) is 13.8 Å². The third kappa shape index (κ3) is 4.29. The first kappa shape index (κ1) is 16.1. The maximum absolute atomic E-state index is 12.2. The molecular weight excluding hydrogens is 256 g/mol. The van der Waals surface area contributed by atoms with E-state index in [4.69, 9.17) is 5.73 Å². The van der Waals surface area contributed by atoms with Crippen LogP contribution in [0.4, 0.5) is 5.69 Å². The number of nitrogens with two attached hydrogens (primary N) is 1. The van der Waals surface area contributed by atoms with E-state index in [2.05, 4.69) is 10.6 Å². The van der Waals surface area contributed by atoms with Crippen LogP contribution in [0.1, 0.15) is 44.1 Å². The van der Waals surface area contributed by atoms with Gasteiger partial charge in [0.05, 0.1) is 5.69 Å². The number of aromatic nitrogens is 1. The fourth-order valence-electron chi connectivity index (χ4n) is 1.89. The lowest BCUT2D eigenvalue weighted by Gasteiger charge is -2.14. The molecule has 0 aliphatic rings. The largest absolute Gasteiger partial charge is 0.397 e. The van der Waals surface area contributed by atoms with E-state index in [1.165, 1.54) is 0 Å². The van der Waals surface area contributed by atoms with Gasteiger partial charge < -0.3 is 20.9 Å². The zero-order valence-electron chi connectivity index (χ0n) is 12.4. The Labute approximate surface area is 119 Å². The molecule has 6 heteroatoms. The summed E-state index contributed by atoms with van der Waals surface area (Å²) in [5, 5.41) is 5.44. The number of carbonyl (C=O) groups is 2. The van der Waals surface area contributed by atoms with Crippen molar-refractivity contribution < 1.29 is 9.59 Å². The van der Waals surface area contributed by atoms with E-state index in [0.717, 1.165) is 19.4 Å². The third-order valence-corrected chi connectivity index (χ3v) is 2.90. The number of rotatable bonds is 7. The van der Waals surface area contributed by atoms with Crippen LogP contribution in [0.5, 0.6) is 0 Å². The van der Waals surface area contributed by atoms with Crippen LogP contribution < -0.4 is 16.4 Å². The smallest absolute Gasteiger partial charge is 0.268 e. The standard InChI is InChI=1S/C14H24N4O2/c1-4-6-16-13(19)10(3)17-14(20)12-8-11(15)9-18(12)7-5-2/h8-10H,4-7,15H2,1-3H3,(H,16,19)(H,17,20). The van der Waals surface area contributed by atoms with Gasteiger partial charge in [-0.3, -0.25) is 9.59 Å². The van der Waals surface area contributed by atoms with Gasteiger partial charge in [0.15, 0.2) is 0 Å². The van der Waals surface area contributed by atoms with Gasteiger partial charge in [0.1, 0.15) is 11.7 Å². The zero-order valence-corrected chi connectivity index (χ0v) is 12.4. The second kappa shape index (κ2) is 7.57. The van der Waals surface area contributed by atoms with Crippen LogP contribution in [0.15, 0.2) is 12.3 Å². The molecule has 0 spiro atoms. The summed E-state index contributed by atoms with van der Waals surface area (Å²) in [7, 11) is 0. The number of hydrogen-bond donors (Lipinski definition) is 3. The van der Waals surface area contributed by atoms with Gasteiger partial charge in [0.2, 0.25) is 5.91 Å². The summed E-state index contributed by atoms with van der Waals surface area (Å²) >= 11 is 0. The molecule has 0 aliphatic heterocycles. The predicted molar refractivity (Wildman–Crippen MR) is 79.4 cm³/mol. The van der Waals surface area contributed by atoms with E-state index in [1.54, 1.807) is 23.8 Å². The minimum absolute atomic E-state index is 0.179. The van der Waals surface area contributed by atoms with Gasteiger partial charge in [-0.25, -0.2) is 0 Å². The number of nitrogen functional groups attached to an aromatic ring is 1. The van der Waals surface area contributed by atoms with E-state index in [-0.39, 0.29) is 11.8 Å². The number of nitrogens with one attached hydrogen (secondary N) is 2. The van der Waals surface area contributed by atoms with E-state index < -0.39 is 6.04 Å². The SMILES string of the molecule is CCCNC(=O)C(C)NC(=O)c1cc(N)cn1CCC. The maximum atomic E-state index is 12.2. The van der Waals surface area contributed by atoms with Gasteiger partial charge in [-0.1, -0.05) is 13.8 Å². The van der Waals surface area contributed by atoms with Crippen molar-refractivity contribution in [3.8, 4) is 0 Å². The van der Waals surface area contributed by atoms with Crippen LogP contribution in [-0.4, -0.2) is 29.0 Å². The second-order valence-corrected chi connectivity index (χ2v) is 4.84. The second-order valence-electron chi connectivity index (χ2n) is 4.84. The Balaban J connectivity index is 2.68. The van der Waals surface area contributed by atoms with Crippen molar-refractivity contribution in [2.75, 3.05) is 12.3 Å². The molecule has 0 fully saturated rings. The van der Waals surface area contributed by atoms with Crippen LogP contribution in [0.25, 0.3) is 0 Å². The molecule has 2 amide bonds. The van der Waals surface area contributed by atoms with Crippen LogP contribution in [0.2, 0.25) is 0 Å². The van der Waals surface area contributed by atoms with Crippen LogP contribution in [0, 0.1) is 0 Å². The maximum Gasteiger partial charge on any atom is 0.268 e. The summed E-state index contributed by atoms with van der Waals surface area (Å²) in [6.07, 6.45) is 3.50. The fraction of sp³-hybridized carbons (Fsp3) is 0.571. The number of carbonyl (C=O) groups excluding carboxylic acids is 2. The monoisotopic (exact) mass is 280 g/mol. The topological polar surface area (TPSA) is 89.2 Å². The molecule has 1 unspecified atom stereocenters. The molecule has 4 N–H and O–H groups in total. The molecule has 1 atom stereocenters. The summed E-state index contributed by atoms with van der Waals surface area (Å²) < 4.78 is 1.81. The minimum Gasteiger partial charge on any atom is -0.397 e.